The maximum absolute atomic E-state index is 2.52. The lowest BCUT2D eigenvalue weighted by molar-refractivity contribution is 0.445. The van der Waals surface area contributed by atoms with Crippen molar-refractivity contribution in [1.29, 1.82) is 0 Å². The summed E-state index contributed by atoms with van der Waals surface area (Å²) in [5, 5.41) is 5.18. The van der Waals surface area contributed by atoms with E-state index >= 15 is 0 Å². The monoisotopic (exact) mass is 835 g/mol. The minimum Gasteiger partial charge on any atom is -0.309 e. The molecule has 1 nitrogen and oxygen atoms in total. The first-order valence-electron chi connectivity index (χ1n) is 23.9. The maximum Gasteiger partial charge on any atom is 0.0710 e. The summed E-state index contributed by atoms with van der Waals surface area (Å²) >= 11 is 0. The molecular weight excluding hydrogens is 783 g/mol. The molecule has 1 fully saturated rings. The molecule has 2 atom stereocenters. The van der Waals surface area contributed by atoms with Crippen LogP contribution in [-0.4, -0.2) is 0 Å². The van der Waals surface area contributed by atoms with Crippen molar-refractivity contribution in [1.82, 2.24) is 0 Å². The van der Waals surface area contributed by atoms with Crippen LogP contribution in [0, 0.1) is 5.92 Å². The van der Waals surface area contributed by atoms with E-state index in [2.05, 4.69) is 230 Å². The first-order chi connectivity index (χ1) is 32.2. The van der Waals surface area contributed by atoms with E-state index in [1.165, 1.54) is 126 Å². The van der Waals surface area contributed by atoms with Gasteiger partial charge in [-0.25, -0.2) is 0 Å². The molecule has 9 aromatic carbocycles. The van der Waals surface area contributed by atoms with Crippen LogP contribution >= 0.6 is 0 Å². The van der Waals surface area contributed by atoms with Gasteiger partial charge >= 0.3 is 0 Å². The minimum absolute atomic E-state index is 0.415. The van der Waals surface area contributed by atoms with E-state index in [-0.39, 0.29) is 0 Å². The topological polar surface area (TPSA) is 3.24 Å². The van der Waals surface area contributed by atoms with Gasteiger partial charge in [-0.1, -0.05) is 220 Å². The Kier molecular flexibility index (Phi) is 9.94. The molecule has 0 heterocycles. The molecule has 0 radical (unpaired) electrons. The molecule has 314 valence electrons. The summed E-state index contributed by atoms with van der Waals surface area (Å²) in [6.45, 7) is 2.35. The van der Waals surface area contributed by atoms with Crippen LogP contribution in [0.25, 0.3) is 54.9 Å². The fourth-order valence-electron chi connectivity index (χ4n) is 12.0. The lowest BCUT2D eigenvalue weighted by Gasteiger charge is -2.36. The Hall–Kier alpha value is -7.22. The summed E-state index contributed by atoms with van der Waals surface area (Å²) in [6, 6.07) is 75.4. The van der Waals surface area contributed by atoms with Gasteiger partial charge in [0.1, 0.15) is 0 Å². The van der Waals surface area contributed by atoms with E-state index in [1.807, 2.05) is 0 Å². The Labute approximate surface area is 384 Å². The standard InChI is InChI=1S/C64H53N/c1-44-19-14-28-50(43-44)64(49-26-6-3-7-27-49)58-35-12-10-31-57(58)63-54(33-18-36-59(63)64)47-39-41-51(42-40-47)65(60-38-17-23-45-22-8-9-29-52(45)60)61-37-13-11-30-55(61)56-34-16-25-48-24-15-32-53(62(48)56)46-20-4-2-5-21-46/h3,6-18,22-44,46H,2,4-5,19-21H2,1H3. The first-order valence-corrected chi connectivity index (χ1v) is 23.9. The normalized spacial score (nSPS) is 18.0. The van der Waals surface area contributed by atoms with Gasteiger partial charge in [-0.2, -0.15) is 0 Å². The Balaban J connectivity index is 1.04. The molecule has 0 spiro atoms. The SMILES string of the molecule is CC1C=C(C2(c3ccccc3)c3ccccc3-c3c(-c4ccc(N(c5ccccc5-c5cccc6cccc(C7CCCCC7)c56)c5cccc6ccccc56)cc4)cccc32)C=CC1. The average Bonchev–Trinajstić information content (AvgIpc) is 3.68. The van der Waals surface area contributed by atoms with Crippen molar-refractivity contribution in [3.05, 3.63) is 246 Å². The molecule has 3 aliphatic rings. The van der Waals surface area contributed by atoms with Crippen LogP contribution in [0.1, 0.15) is 73.6 Å². The average molecular weight is 836 g/mol. The van der Waals surface area contributed by atoms with Crippen LogP contribution in [0.15, 0.2) is 224 Å². The number of para-hydroxylation sites is 1. The number of benzene rings is 9. The highest BCUT2D eigenvalue weighted by atomic mass is 15.1. The van der Waals surface area contributed by atoms with Crippen molar-refractivity contribution in [2.45, 2.75) is 56.8 Å². The van der Waals surface area contributed by atoms with Crippen LogP contribution in [-0.2, 0) is 5.41 Å². The lowest BCUT2D eigenvalue weighted by Crippen LogP contribution is -2.30. The van der Waals surface area contributed by atoms with Crippen molar-refractivity contribution >= 4 is 38.6 Å². The van der Waals surface area contributed by atoms with Gasteiger partial charge in [-0.05, 0) is 127 Å². The zero-order valence-electron chi connectivity index (χ0n) is 37.1. The molecule has 0 aliphatic heterocycles. The molecular formula is C64H53N. The van der Waals surface area contributed by atoms with E-state index in [0.717, 1.165) is 12.1 Å². The van der Waals surface area contributed by atoms with Gasteiger partial charge in [0.2, 0.25) is 0 Å². The van der Waals surface area contributed by atoms with Crippen LogP contribution < -0.4 is 4.90 Å². The predicted octanol–water partition coefficient (Wildman–Crippen LogP) is 17.7. The molecule has 9 aromatic rings. The first kappa shape index (κ1) is 39.4. The van der Waals surface area contributed by atoms with Gasteiger partial charge in [0.25, 0.3) is 0 Å². The summed E-state index contributed by atoms with van der Waals surface area (Å²) in [4.78, 5) is 2.51. The number of fused-ring (bicyclic) bond motifs is 5. The highest BCUT2D eigenvalue weighted by Gasteiger charge is 2.47. The number of nitrogens with zero attached hydrogens (tertiary/aromatic N) is 1. The Morgan fingerprint density at radius 1 is 0.492 bits per heavy atom. The molecule has 1 saturated carbocycles. The van der Waals surface area contributed by atoms with E-state index in [4.69, 9.17) is 0 Å². The second kappa shape index (κ2) is 16.4. The van der Waals surface area contributed by atoms with E-state index < -0.39 is 5.41 Å². The number of allylic oxidation sites excluding steroid dienone is 4. The number of hydrogen-bond acceptors (Lipinski definition) is 1. The zero-order chi connectivity index (χ0) is 43.3. The molecule has 12 rings (SSSR count). The van der Waals surface area contributed by atoms with Gasteiger partial charge in [0.05, 0.1) is 16.8 Å². The molecule has 0 aromatic heterocycles. The molecule has 3 aliphatic carbocycles. The summed E-state index contributed by atoms with van der Waals surface area (Å²) in [5.41, 5.74) is 17.6. The highest BCUT2D eigenvalue weighted by molar-refractivity contribution is 6.06. The van der Waals surface area contributed by atoms with Gasteiger partial charge < -0.3 is 4.90 Å². The highest BCUT2D eigenvalue weighted by Crippen LogP contribution is 2.59. The molecule has 0 bridgehead atoms. The summed E-state index contributed by atoms with van der Waals surface area (Å²) in [6.07, 6.45) is 14.9. The van der Waals surface area contributed by atoms with E-state index in [0.29, 0.717) is 11.8 Å². The molecule has 65 heavy (non-hydrogen) atoms. The van der Waals surface area contributed by atoms with E-state index in [9.17, 15) is 0 Å². The minimum atomic E-state index is -0.415. The fourth-order valence-corrected chi connectivity index (χ4v) is 12.0. The molecule has 0 amide bonds. The Bertz CT molecular complexity index is 3280. The maximum atomic E-state index is 2.52. The van der Waals surface area contributed by atoms with Crippen LogP contribution in [0.2, 0.25) is 0 Å². The van der Waals surface area contributed by atoms with Gasteiger partial charge in [0, 0.05) is 16.6 Å². The lowest BCUT2D eigenvalue weighted by atomic mass is 9.65. The number of rotatable bonds is 8. The second-order valence-corrected chi connectivity index (χ2v) is 18.6. The number of hydrogen-bond donors (Lipinski definition) is 0. The summed E-state index contributed by atoms with van der Waals surface area (Å²) in [7, 11) is 0. The van der Waals surface area contributed by atoms with Crippen molar-refractivity contribution in [2.24, 2.45) is 5.92 Å². The third-order valence-electron chi connectivity index (χ3n) is 14.8. The van der Waals surface area contributed by atoms with Crippen LogP contribution in [0.4, 0.5) is 17.1 Å². The van der Waals surface area contributed by atoms with Crippen LogP contribution in [0.5, 0.6) is 0 Å². The third-order valence-corrected chi connectivity index (χ3v) is 14.8. The van der Waals surface area contributed by atoms with Crippen molar-refractivity contribution in [2.75, 3.05) is 4.90 Å². The number of anilines is 3. The molecule has 0 N–H and O–H groups in total. The molecule has 0 saturated heterocycles. The zero-order valence-corrected chi connectivity index (χ0v) is 37.1. The van der Waals surface area contributed by atoms with Crippen molar-refractivity contribution in [3.8, 4) is 33.4 Å². The summed E-state index contributed by atoms with van der Waals surface area (Å²) < 4.78 is 0. The third kappa shape index (κ3) is 6.51. The van der Waals surface area contributed by atoms with Crippen molar-refractivity contribution < 1.29 is 0 Å². The summed E-state index contributed by atoms with van der Waals surface area (Å²) in [5.74, 6) is 1.06. The molecule has 2 unspecified atom stereocenters. The van der Waals surface area contributed by atoms with Gasteiger partial charge in [-0.15, -0.1) is 0 Å². The Morgan fingerprint density at radius 2 is 1.12 bits per heavy atom. The Morgan fingerprint density at radius 3 is 1.97 bits per heavy atom. The van der Waals surface area contributed by atoms with Gasteiger partial charge in [-0.3, -0.25) is 0 Å². The second-order valence-electron chi connectivity index (χ2n) is 18.6. The van der Waals surface area contributed by atoms with Crippen LogP contribution in [0.3, 0.4) is 0 Å². The van der Waals surface area contributed by atoms with Crippen molar-refractivity contribution in [3.63, 3.8) is 0 Å². The van der Waals surface area contributed by atoms with E-state index in [1.54, 1.807) is 0 Å². The fraction of sp³-hybridized carbons (Fsp3) is 0.156. The predicted molar refractivity (Wildman–Crippen MR) is 276 cm³/mol. The molecule has 1 heteroatoms. The quantitative estimate of drug-likeness (QED) is 0.147. The smallest absolute Gasteiger partial charge is 0.0710 e. The van der Waals surface area contributed by atoms with Gasteiger partial charge in [0.15, 0.2) is 0 Å². The largest absolute Gasteiger partial charge is 0.309 e.